The van der Waals surface area contributed by atoms with Gasteiger partial charge in [0.05, 0.1) is 5.92 Å². The molecular weight excluding hydrogens is 369 g/mol. The van der Waals surface area contributed by atoms with Crippen LogP contribution in [0, 0.1) is 11.7 Å². The Morgan fingerprint density at radius 1 is 1.17 bits per heavy atom. The Balaban J connectivity index is 1.28. The second-order valence-corrected chi connectivity index (χ2v) is 7.52. The van der Waals surface area contributed by atoms with Crippen LogP contribution >= 0.6 is 0 Å². The van der Waals surface area contributed by atoms with Gasteiger partial charge in [-0.3, -0.25) is 9.59 Å². The summed E-state index contributed by atoms with van der Waals surface area (Å²) >= 11 is 0. The zero-order valence-corrected chi connectivity index (χ0v) is 16.2. The van der Waals surface area contributed by atoms with Gasteiger partial charge >= 0.3 is 0 Å². The predicted molar refractivity (Wildman–Crippen MR) is 110 cm³/mol. The summed E-state index contributed by atoms with van der Waals surface area (Å²) in [5.74, 6) is -0.647. The second kappa shape index (κ2) is 8.47. The fraction of sp³-hybridized carbons (Fsp3) is 0.304. The van der Waals surface area contributed by atoms with E-state index in [0.29, 0.717) is 26.1 Å². The van der Waals surface area contributed by atoms with Crippen LogP contribution in [-0.4, -0.2) is 41.3 Å². The summed E-state index contributed by atoms with van der Waals surface area (Å²) in [4.78, 5) is 29.6. The molecule has 2 N–H and O–H groups in total. The van der Waals surface area contributed by atoms with Gasteiger partial charge in [0.15, 0.2) is 0 Å². The van der Waals surface area contributed by atoms with Gasteiger partial charge in [-0.25, -0.2) is 4.39 Å². The van der Waals surface area contributed by atoms with Crippen LogP contribution in [0.15, 0.2) is 54.7 Å². The van der Waals surface area contributed by atoms with Crippen LogP contribution in [0.3, 0.4) is 0 Å². The molecule has 2 amide bonds. The van der Waals surface area contributed by atoms with E-state index in [2.05, 4.69) is 10.3 Å². The van der Waals surface area contributed by atoms with Crippen molar-refractivity contribution in [3.05, 3.63) is 71.7 Å². The Kier molecular flexibility index (Phi) is 5.60. The molecule has 1 aromatic heterocycles. The van der Waals surface area contributed by atoms with Crippen LogP contribution in [0.25, 0.3) is 10.9 Å². The molecular formula is C23H24FN3O2. The van der Waals surface area contributed by atoms with Crippen molar-refractivity contribution >= 4 is 22.7 Å². The Bertz CT molecular complexity index is 1020. The molecule has 1 aliphatic heterocycles. The van der Waals surface area contributed by atoms with Gasteiger partial charge in [0.25, 0.3) is 0 Å². The normalized spacial score (nSPS) is 16.5. The number of aromatic nitrogens is 1. The molecule has 5 nitrogen and oxygen atoms in total. The number of nitrogens with zero attached hydrogens (tertiary/aromatic N) is 1. The van der Waals surface area contributed by atoms with E-state index >= 15 is 0 Å². The Hall–Kier alpha value is -3.15. The van der Waals surface area contributed by atoms with Gasteiger partial charge in [-0.05, 0) is 42.2 Å². The van der Waals surface area contributed by atoms with Crippen molar-refractivity contribution in [3.8, 4) is 0 Å². The number of nitrogens with one attached hydrogen (secondary N) is 2. The fourth-order valence-corrected chi connectivity index (χ4v) is 3.90. The molecule has 0 aliphatic carbocycles. The molecule has 1 aliphatic rings. The minimum Gasteiger partial charge on any atom is -0.361 e. The maximum Gasteiger partial charge on any atom is 0.225 e. The number of carbonyl (C=O) groups excluding carboxylic acids is 2. The maximum absolute atomic E-state index is 13.5. The number of likely N-dealkylation sites (tertiary alicyclic amines) is 1. The molecule has 1 atom stereocenters. The quantitative estimate of drug-likeness (QED) is 0.648. The summed E-state index contributed by atoms with van der Waals surface area (Å²) in [7, 11) is 0. The van der Waals surface area contributed by atoms with Gasteiger partial charge in [0.2, 0.25) is 11.8 Å². The standard InChI is InChI=1S/C23H24FN3O2/c24-19-6-7-21-20(13-19)17(14-26-21)9-11-27-15-18(12-22(27)28)23(29)25-10-8-16-4-2-1-3-5-16/h1-7,13-14,18,26H,8-12,15H2,(H,25,29)/t18-/m1/s1. The number of benzene rings is 2. The number of amides is 2. The average Bonchev–Trinajstić information content (AvgIpc) is 3.30. The van der Waals surface area contributed by atoms with Gasteiger partial charge in [-0.1, -0.05) is 30.3 Å². The third-order valence-electron chi connectivity index (χ3n) is 5.52. The summed E-state index contributed by atoms with van der Waals surface area (Å²) in [5, 5.41) is 3.79. The minimum atomic E-state index is -0.307. The monoisotopic (exact) mass is 393 g/mol. The number of rotatable bonds is 7. The van der Waals surface area contributed by atoms with Crippen molar-refractivity contribution in [1.82, 2.24) is 15.2 Å². The highest BCUT2D eigenvalue weighted by Crippen LogP contribution is 2.22. The molecule has 29 heavy (non-hydrogen) atoms. The van der Waals surface area contributed by atoms with Gasteiger partial charge in [-0.15, -0.1) is 0 Å². The van der Waals surface area contributed by atoms with Crippen molar-refractivity contribution in [1.29, 1.82) is 0 Å². The van der Waals surface area contributed by atoms with Crippen LogP contribution in [0.5, 0.6) is 0 Å². The smallest absolute Gasteiger partial charge is 0.225 e. The average molecular weight is 393 g/mol. The third kappa shape index (κ3) is 4.47. The minimum absolute atomic E-state index is 0.000712. The van der Waals surface area contributed by atoms with Crippen molar-refractivity contribution in [3.63, 3.8) is 0 Å². The second-order valence-electron chi connectivity index (χ2n) is 7.52. The Labute approximate surface area is 168 Å². The highest BCUT2D eigenvalue weighted by Gasteiger charge is 2.33. The first-order valence-electron chi connectivity index (χ1n) is 9.95. The number of carbonyl (C=O) groups is 2. The molecule has 150 valence electrons. The number of H-pyrrole nitrogens is 1. The van der Waals surface area contributed by atoms with E-state index in [0.717, 1.165) is 22.9 Å². The van der Waals surface area contributed by atoms with Crippen molar-refractivity contribution < 1.29 is 14.0 Å². The largest absolute Gasteiger partial charge is 0.361 e. The van der Waals surface area contributed by atoms with Crippen molar-refractivity contribution in [2.45, 2.75) is 19.3 Å². The molecule has 0 radical (unpaired) electrons. The predicted octanol–water partition coefficient (Wildman–Crippen LogP) is 3.06. The van der Waals surface area contributed by atoms with Crippen LogP contribution < -0.4 is 5.32 Å². The zero-order valence-electron chi connectivity index (χ0n) is 16.2. The highest BCUT2D eigenvalue weighted by atomic mass is 19.1. The van der Waals surface area contributed by atoms with Gasteiger partial charge < -0.3 is 15.2 Å². The van der Waals surface area contributed by atoms with Gasteiger partial charge in [0, 0.05) is 43.2 Å². The Morgan fingerprint density at radius 3 is 2.83 bits per heavy atom. The zero-order chi connectivity index (χ0) is 20.2. The van der Waals surface area contributed by atoms with Crippen LogP contribution in [0.1, 0.15) is 17.5 Å². The summed E-state index contributed by atoms with van der Waals surface area (Å²) in [5.41, 5.74) is 3.03. The lowest BCUT2D eigenvalue weighted by atomic mass is 10.1. The van der Waals surface area contributed by atoms with Crippen LogP contribution in [0.2, 0.25) is 0 Å². The van der Waals surface area contributed by atoms with E-state index in [1.54, 1.807) is 11.0 Å². The lowest BCUT2D eigenvalue weighted by Crippen LogP contribution is -2.34. The molecule has 1 saturated heterocycles. The van der Waals surface area contributed by atoms with E-state index in [1.807, 2.05) is 36.5 Å². The summed E-state index contributed by atoms with van der Waals surface area (Å²) in [6.45, 7) is 1.53. The number of aromatic amines is 1. The van der Waals surface area contributed by atoms with E-state index < -0.39 is 0 Å². The van der Waals surface area contributed by atoms with Gasteiger partial charge in [0.1, 0.15) is 5.82 Å². The van der Waals surface area contributed by atoms with E-state index in [9.17, 15) is 14.0 Å². The van der Waals surface area contributed by atoms with Crippen LogP contribution in [-0.2, 0) is 22.4 Å². The molecule has 4 rings (SSSR count). The molecule has 1 fully saturated rings. The van der Waals surface area contributed by atoms with Gasteiger partial charge in [-0.2, -0.15) is 0 Å². The molecule has 0 saturated carbocycles. The summed E-state index contributed by atoms with van der Waals surface area (Å²) in [6.07, 6.45) is 3.50. The molecule has 0 bridgehead atoms. The van der Waals surface area contributed by atoms with Crippen molar-refractivity contribution in [2.24, 2.45) is 5.92 Å². The molecule has 3 aromatic rings. The first-order chi connectivity index (χ1) is 14.1. The van der Waals surface area contributed by atoms with Crippen molar-refractivity contribution in [2.75, 3.05) is 19.6 Å². The topological polar surface area (TPSA) is 65.2 Å². The highest BCUT2D eigenvalue weighted by molar-refractivity contribution is 5.89. The molecule has 2 heterocycles. The maximum atomic E-state index is 13.5. The van der Waals surface area contributed by atoms with E-state index in [1.165, 1.54) is 17.7 Å². The molecule has 2 aromatic carbocycles. The van der Waals surface area contributed by atoms with E-state index in [4.69, 9.17) is 0 Å². The lowest BCUT2D eigenvalue weighted by molar-refractivity contribution is -0.129. The van der Waals surface area contributed by atoms with E-state index in [-0.39, 0.29) is 30.0 Å². The lowest BCUT2D eigenvalue weighted by Gasteiger charge is -2.16. The first kappa shape index (κ1) is 19.2. The molecule has 6 heteroatoms. The number of hydrogen-bond acceptors (Lipinski definition) is 2. The summed E-state index contributed by atoms with van der Waals surface area (Å²) in [6, 6.07) is 14.6. The third-order valence-corrected chi connectivity index (χ3v) is 5.52. The van der Waals surface area contributed by atoms with Crippen LogP contribution in [0.4, 0.5) is 4.39 Å². The molecule has 0 spiro atoms. The molecule has 0 unspecified atom stereocenters. The number of fused-ring (bicyclic) bond motifs is 1. The first-order valence-corrected chi connectivity index (χ1v) is 9.95. The Morgan fingerprint density at radius 2 is 2.00 bits per heavy atom. The fourth-order valence-electron chi connectivity index (χ4n) is 3.90. The SMILES string of the molecule is O=C(NCCc1ccccc1)[C@@H]1CC(=O)N(CCc2c[nH]c3ccc(F)cc23)C1. The number of hydrogen-bond donors (Lipinski definition) is 2. The number of halogens is 1. The summed E-state index contributed by atoms with van der Waals surface area (Å²) < 4.78 is 13.5.